The monoisotopic (exact) mass is 901 g/mol. The van der Waals surface area contributed by atoms with E-state index < -0.39 is 6.10 Å². The van der Waals surface area contributed by atoms with Crippen LogP contribution >= 0.6 is 0 Å². The first-order valence-electron chi connectivity index (χ1n) is 28.3. The maximum atomic E-state index is 12.8. The van der Waals surface area contributed by atoms with Crippen molar-refractivity contribution < 1.29 is 28.6 Å². The van der Waals surface area contributed by atoms with E-state index in [4.69, 9.17) is 14.2 Å². The maximum absolute atomic E-state index is 12.8. The minimum atomic E-state index is -0.763. The van der Waals surface area contributed by atoms with Gasteiger partial charge in [-0.15, -0.1) is 0 Å². The average molecular weight is 901 g/mol. The van der Waals surface area contributed by atoms with Crippen LogP contribution < -0.4 is 0 Å². The molecule has 0 heterocycles. The van der Waals surface area contributed by atoms with Crippen molar-refractivity contribution in [2.24, 2.45) is 0 Å². The molecule has 6 nitrogen and oxygen atoms in total. The van der Waals surface area contributed by atoms with E-state index in [-0.39, 0.29) is 31.1 Å². The topological polar surface area (TPSA) is 78.9 Å². The normalized spacial score (nSPS) is 12.1. The molecule has 64 heavy (non-hydrogen) atoms. The molecule has 0 radical (unpaired) electrons. The van der Waals surface area contributed by atoms with Crippen LogP contribution in [0.2, 0.25) is 0 Å². The molecule has 0 aromatic carbocycles. The minimum Gasteiger partial charge on any atom is -0.462 e. The number of carbonyl (C=O) groups excluding carboxylic acids is 3. The molecule has 0 spiro atoms. The minimum absolute atomic E-state index is 0.0674. The molecule has 376 valence electrons. The number of carbonyl (C=O) groups is 3. The fraction of sp³-hybridized carbons (Fsp3) is 0.879. The van der Waals surface area contributed by atoms with E-state index in [1.807, 2.05) is 0 Å². The van der Waals surface area contributed by atoms with Crippen LogP contribution in [-0.2, 0) is 28.6 Å². The molecule has 0 aromatic rings. The lowest BCUT2D eigenvalue weighted by atomic mass is 10.0. The van der Waals surface area contributed by atoms with E-state index >= 15 is 0 Å². The predicted octanol–water partition coefficient (Wildman–Crippen LogP) is 18.7. The highest BCUT2D eigenvalue weighted by atomic mass is 16.6. The summed E-state index contributed by atoms with van der Waals surface area (Å²) in [6.45, 7) is 6.59. The predicted molar refractivity (Wildman–Crippen MR) is 275 cm³/mol. The van der Waals surface area contributed by atoms with E-state index in [0.717, 1.165) is 70.6 Å². The molecule has 0 aliphatic heterocycles. The van der Waals surface area contributed by atoms with Crippen LogP contribution in [0.15, 0.2) is 24.3 Å². The second-order valence-corrected chi connectivity index (χ2v) is 19.2. The Kier molecular flexibility index (Phi) is 51.7. The highest BCUT2D eigenvalue weighted by Crippen LogP contribution is 2.17. The molecule has 0 aliphatic carbocycles. The average Bonchev–Trinajstić information content (AvgIpc) is 3.29. The van der Waals surface area contributed by atoms with Crippen LogP contribution in [0.1, 0.15) is 310 Å². The lowest BCUT2D eigenvalue weighted by Gasteiger charge is -2.18. The molecule has 0 amide bonds. The van der Waals surface area contributed by atoms with Crippen molar-refractivity contribution in [3.05, 3.63) is 24.3 Å². The van der Waals surface area contributed by atoms with Crippen LogP contribution in [0.4, 0.5) is 0 Å². The molecule has 0 aliphatic rings. The second-order valence-electron chi connectivity index (χ2n) is 19.2. The van der Waals surface area contributed by atoms with Crippen molar-refractivity contribution in [1.29, 1.82) is 0 Å². The SMILES string of the molecule is CCCCCCC/C=C\C/C=C\CCCCCCCCCCCCCCCC(=O)OCC(COC(=O)CCCCCCC)OC(=O)CCCCCCCCCCCCCCCCCC. The number of esters is 3. The summed E-state index contributed by atoms with van der Waals surface area (Å²) in [5.41, 5.74) is 0. The Labute approximate surface area is 398 Å². The summed E-state index contributed by atoms with van der Waals surface area (Å²) < 4.78 is 16.7. The van der Waals surface area contributed by atoms with Crippen LogP contribution in [-0.4, -0.2) is 37.2 Å². The molecule has 0 saturated heterocycles. The number of rotatable bonds is 52. The Balaban J connectivity index is 4.02. The van der Waals surface area contributed by atoms with Gasteiger partial charge in [0.25, 0.3) is 0 Å². The standard InChI is InChI=1S/C58H108O6/c1-4-7-10-13-15-17-19-21-23-25-26-27-28-29-30-31-32-33-35-36-38-40-42-45-48-51-57(60)63-54-55(53-62-56(59)50-47-44-12-9-6-3)64-58(61)52-49-46-43-41-39-37-34-24-22-20-18-16-14-11-8-5-2/h19,21,25-26,55H,4-18,20,22-24,27-54H2,1-3H3/b21-19-,26-25-. The first-order chi connectivity index (χ1) is 31.5. The van der Waals surface area contributed by atoms with Crippen molar-refractivity contribution in [3.63, 3.8) is 0 Å². The molecular weight excluding hydrogens is 793 g/mol. The molecule has 0 rings (SSSR count). The van der Waals surface area contributed by atoms with Gasteiger partial charge in [0.05, 0.1) is 0 Å². The fourth-order valence-electron chi connectivity index (χ4n) is 8.42. The summed E-state index contributed by atoms with van der Waals surface area (Å²) in [5.74, 6) is -0.865. The summed E-state index contributed by atoms with van der Waals surface area (Å²) in [6, 6.07) is 0. The second kappa shape index (κ2) is 53.5. The van der Waals surface area contributed by atoms with Gasteiger partial charge in [0, 0.05) is 19.3 Å². The fourth-order valence-corrected chi connectivity index (χ4v) is 8.42. The quantitative estimate of drug-likeness (QED) is 0.0262. The molecule has 6 heteroatoms. The Morgan fingerprint density at radius 1 is 0.312 bits per heavy atom. The van der Waals surface area contributed by atoms with Crippen LogP contribution in [0.5, 0.6) is 0 Å². The highest BCUT2D eigenvalue weighted by Gasteiger charge is 2.19. The first kappa shape index (κ1) is 61.9. The highest BCUT2D eigenvalue weighted by molar-refractivity contribution is 5.71. The number of ether oxygens (including phenoxy) is 3. The van der Waals surface area contributed by atoms with Crippen molar-refractivity contribution in [2.75, 3.05) is 13.2 Å². The van der Waals surface area contributed by atoms with Crippen LogP contribution in [0.3, 0.4) is 0 Å². The van der Waals surface area contributed by atoms with Crippen molar-refractivity contribution in [1.82, 2.24) is 0 Å². The molecule has 0 fully saturated rings. The maximum Gasteiger partial charge on any atom is 0.306 e. The Hall–Kier alpha value is -2.11. The summed E-state index contributed by atoms with van der Waals surface area (Å²) >= 11 is 0. The zero-order chi connectivity index (χ0) is 46.5. The molecule has 0 aromatic heterocycles. The van der Waals surface area contributed by atoms with Gasteiger partial charge in [-0.05, 0) is 51.4 Å². The van der Waals surface area contributed by atoms with Gasteiger partial charge >= 0.3 is 17.9 Å². The number of hydrogen-bond acceptors (Lipinski definition) is 6. The number of unbranched alkanes of at least 4 members (excludes halogenated alkanes) is 37. The number of hydrogen-bond donors (Lipinski definition) is 0. The van der Waals surface area contributed by atoms with Gasteiger partial charge < -0.3 is 14.2 Å². The first-order valence-corrected chi connectivity index (χ1v) is 28.3. The van der Waals surface area contributed by atoms with E-state index in [1.54, 1.807) is 0 Å². The van der Waals surface area contributed by atoms with E-state index in [9.17, 15) is 14.4 Å². The molecule has 1 atom stereocenters. The van der Waals surface area contributed by atoms with Crippen LogP contribution in [0.25, 0.3) is 0 Å². The largest absolute Gasteiger partial charge is 0.462 e. The summed E-state index contributed by atoms with van der Waals surface area (Å²) in [7, 11) is 0. The lowest BCUT2D eigenvalue weighted by molar-refractivity contribution is -0.167. The Bertz CT molecular complexity index is 1040. The molecule has 1 unspecified atom stereocenters. The lowest BCUT2D eigenvalue weighted by Crippen LogP contribution is -2.30. The van der Waals surface area contributed by atoms with Gasteiger partial charge in [-0.1, -0.05) is 263 Å². The van der Waals surface area contributed by atoms with Gasteiger partial charge in [0.15, 0.2) is 6.10 Å². The van der Waals surface area contributed by atoms with Crippen molar-refractivity contribution >= 4 is 17.9 Å². The zero-order valence-corrected chi connectivity index (χ0v) is 43.1. The van der Waals surface area contributed by atoms with Gasteiger partial charge in [0.1, 0.15) is 13.2 Å². The number of allylic oxidation sites excluding steroid dienone is 4. The summed E-state index contributed by atoms with van der Waals surface area (Å²) in [6.07, 6.45) is 62.2. The third kappa shape index (κ3) is 50.9. The zero-order valence-electron chi connectivity index (χ0n) is 43.1. The van der Waals surface area contributed by atoms with Gasteiger partial charge in [-0.3, -0.25) is 14.4 Å². The van der Waals surface area contributed by atoms with Crippen LogP contribution in [0, 0.1) is 0 Å². The molecular formula is C58H108O6. The molecule has 0 bridgehead atoms. The Morgan fingerprint density at radius 2 is 0.562 bits per heavy atom. The Morgan fingerprint density at radius 3 is 0.859 bits per heavy atom. The van der Waals surface area contributed by atoms with Gasteiger partial charge in [0.2, 0.25) is 0 Å². The van der Waals surface area contributed by atoms with Crippen molar-refractivity contribution in [2.45, 2.75) is 316 Å². The summed E-state index contributed by atoms with van der Waals surface area (Å²) in [4.78, 5) is 37.7. The van der Waals surface area contributed by atoms with Gasteiger partial charge in [-0.2, -0.15) is 0 Å². The van der Waals surface area contributed by atoms with E-state index in [2.05, 4.69) is 45.1 Å². The molecule has 0 saturated carbocycles. The smallest absolute Gasteiger partial charge is 0.306 e. The molecule has 0 N–H and O–H groups in total. The third-order valence-electron chi connectivity index (χ3n) is 12.7. The van der Waals surface area contributed by atoms with E-state index in [1.165, 1.54) is 199 Å². The van der Waals surface area contributed by atoms with Gasteiger partial charge in [-0.25, -0.2) is 0 Å². The van der Waals surface area contributed by atoms with Crippen molar-refractivity contribution in [3.8, 4) is 0 Å². The summed E-state index contributed by atoms with van der Waals surface area (Å²) in [5, 5.41) is 0. The van der Waals surface area contributed by atoms with E-state index in [0.29, 0.717) is 19.3 Å². The third-order valence-corrected chi connectivity index (χ3v) is 12.7.